The molecule has 0 aliphatic rings. The number of nitrogens with zero attached hydrogens (tertiary/aromatic N) is 1. The molecule has 2 rings (SSSR count). The summed E-state index contributed by atoms with van der Waals surface area (Å²) in [5.74, 6) is -0.119. The lowest BCUT2D eigenvalue weighted by Crippen LogP contribution is -2.34. The highest BCUT2D eigenvalue weighted by atomic mass is 79.9. The molecule has 0 fully saturated rings. The Kier molecular flexibility index (Phi) is 3.78. The lowest BCUT2D eigenvalue weighted by atomic mass is 10.2. The molecular weight excluding hydrogens is 300 g/mol. The summed E-state index contributed by atoms with van der Waals surface area (Å²) in [7, 11) is 0. The van der Waals surface area contributed by atoms with E-state index >= 15 is 0 Å². The van der Waals surface area contributed by atoms with Gasteiger partial charge < -0.3 is 4.74 Å². The van der Waals surface area contributed by atoms with E-state index in [-0.39, 0.29) is 0 Å². The van der Waals surface area contributed by atoms with Crippen LogP contribution in [0.4, 0.5) is 0 Å². The number of amides is 1. The molecule has 2 aromatic rings. The molecule has 0 saturated carbocycles. The van der Waals surface area contributed by atoms with Crippen LogP contribution in [0.2, 0.25) is 0 Å². The van der Waals surface area contributed by atoms with Crippen LogP contribution in [0.25, 0.3) is 10.9 Å². The highest BCUT2D eigenvalue weighted by Gasteiger charge is 2.16. The van der Waals surface area contributed by atoms with Crippen LogP contribution in [-0.2, 0) is 4.79 Å². The second-order valence-electron chi connectivity index (χ2n) is 3.68. The summed E-state index contributed by atoms with van der Waals surface area (Å²) >= 11 is 3.43. The van der Waals surface area contributed by atoms with E-state index < -0.39 is 12.0 Å². The van der Waals surface area contributed by atoms with Gasteiger partial charge in [0.1, 0.15) is 11.3 Å². The van der Waals surface area contributed by atoms with Gasteiger partial charge in [0.15, 0.2) is 6.10 Å². The standard InChI is InChI=1S/C12H11BrN2O3/c1-7(12(16)15-17)18-10-5-4-9(13)8-3-2-6-14-11(8)10/h2-7,17H,1H3,(H,15,16). The molecule has 0 saturated heterocycles. The number of nitrogens with one attached hydrogen (secondary N) is 1. The number of carbonyl (C=O) groups is 1. The van der Waals surface area contributed by atoms with Crippen molar-refractivity contribution in [1.82, 2.24) is 10.5 Å². The van der Waals surface area contributed by atoms with E-state index in [0.29, 0.717) is 11.3 Å². The average molecular weight is 311 g/mol. The van der Waals surface area contributed by atoms with Crippen molar-refractivity contribution in [2.75, 3.05) is 0 Å². The minimum Gasteiger partial charge on any atom is -0.479 e. The van der Waals surface area contributed by atoms with E-state index in [2.05, 4.69) is 20.9 Å². The maximum atomic E-state index is 11.2. The fraction of sp³-hybridized carbons (Fsp3) is 0.167. The van der Waals surface area contributed by atoms with Gasteiger partial charge >= 0.3 is 0 Å². The normalized spacial score (nSPS) is 12.2. The van der Waals surface area contributed by atoms with Crippen molar-refractivity contribution in [2.24, 2.45) is 0 Å². The SMILES string of the molecule is CC(Oc1ccc(Br)c2cccnc12)C(=O)NO. The average Bonchev–Trinajstić information content (AvgIpc) is 2.41. The number of hydrogen-bond donors (Lipinski definition) is 2. The van der Waals surface area contributed by atoms with Gasteiger partial charge in [-0.25, -0.2) is 5.48 Å². The molecule has 18 heavy (non-hydrogen) atoms. The van der Waals surface area contributed by atoms with Crippen molar-refractivity contribution in [3.05, 3.63) is 34.9 Å². The number of hydroxylamine groups is 1. The smallest absolute Gasteiger partial charge is 0.284 e. The van der Waals surface area contributed by atoms with Gasteiger partial charge in [-0.15, -0.1) is 0 Å². The maximum Gasteiger partial charge on any atom is 0.284 e. The van der Waals surface area contributed by atoms with Gasteiger partial charge in [0.05, 0.1) is 0 Å². The van der Waals surface area contributed by atoms with Crippen LogP contribution in [0.5, 0.6) is 5.75 Å². The van der Waals surface area contributed by atoms with Crippen molar-refractivity contribution < 1.29 is 14.7 Å². The van der Waals surface area contributed by atoms with Gasteiger partial charge in [0, 0.05) is 16.1 Å². The van der Waals surface area contributed by atoms with Crippen LogP contribution < -0.4 is 10.2 Å². The molecule has 1 aromatic carbocycles. The Hall–Kier alpha value is -1.66. The molecule has 0 radical (unpaired) electrons. The van der Waals surface area contributed by atoms with Crippen LogP contribution in [-0.4, -0.2) is 22.2 Å². The summed E-state index contributed by atoms with van der Waals surface area (Å²) in [6.45, 7) is 1.54. The zero-order valence-corrected chi connectivity index (χ0v) is 11.1. The maximum absolute atomic E-state index is 11.2. The zero-order valence-electron chi connectivity index (χ0n) is 9.55. The van der Waals surface area contributed by atoms with E-state index in [0.717, 1.165) is 9.86 Å². The first-order valence-electron chi connectivity index (χ1n) is 5.27. The van der Waals surface area contributed by atoms with Crippen LogP contribution in [0.3, 0.4) is 0 Å². The van der Waals surface area contributed by atoms with Crippen molar-refractivity contribution in [3.63, 3.8) is 0 Å². The van der Waals surface area contributed by atoms with Crippen LogP contribution >= 0.6 is 15.9 Å². The van der Waals surface area contributed by atoms with Gasteiger partial charge in [0.25, 0.3) is 5.91 Å². The Bertz CT molecular complexity index is 589. The van der Waals surface area contributed by atoms with Crippen LogP contribution in [0.15, 0.2) is 34.9 Å². The number of fused-ring (bicyclic) bond motifs is 1. The summed E-state index contributed by atoms with van der Waals surface area (Å²) in [4.78, 5) is 15.4. The molecular formula is C12H11BrN2O3. The molecule has 6 heteroatoms. The van der Waals surface area contributed by atoms with Gasteiger partial charge in [-0.2, -0.15) is 0 Å². The molecule has 0 spiro atoms. The van der Waals surface area contributed by atoms with E-state index in [9.17, 15) is 4.79 Å². The fourth-order valence-corrected chi connectivity index (χ4v) is 1.99. The largest absolute Gasteiger partial charge is 0.479 e. The van der Waals surface area contributed by atoms with Crippen molar-refractivity contribution >= 4 is 32.7 Å². The second kappa shape index (κ2) is 5.32. The molecule has 1 atom stereocenters. The summed E-state index contributed by atoms with van der Waals surface area (Å²) < 4.78 is 6.38. The Morgan fingerprint density at radius 2 is 2.28 bits per heavy atom. The predicted octanol–water partition coefficient (Wildman–Crippen LogP) is 2.27. The van der Waals surface area contributed by atoms with E-state index in [1.54, 1.807) is 24.7 Å². The summed E-state index contributed by atoms with van der Waals surface area (Å²) in [5, 5.41) is 9.43. The number of aromatic nitrogens is 1. The minimum atomic E-state index is -0.804. The molecule has 1 amide bonds. The number of ether oxygens (including phenoxy) is 1. The lowest BCUT2D eigenvalue weighted by Gasteiger charge is -2.14. The quantitative estimate of drug-likeness (QED) is 0.674. The Morgan fingerprint density at radius 1 is 1.50 bits per heavy atom. The molecule has 5 nitrogen and oxygen atoms in total. The summed E-state index contributed by atoms with van der Waals surface area (Å²) in [6.07, 6.45) is 0.847. The van der Waals surface area contributed by atoms with Gasteiger partial charge in [-0.3, -0.25) is 15.0 Å². The van der Waals surface area contributed by atoms with E-state index in [1.165, 1.54) is 0 Å². The molecule has 1 unspecified atom stereocenters. The Balaban J connectivity index is 2.40. The molecule has 1 aromatic heterocycles. The first kappa shape index (κ1) is 12.8. The summed E-state index contributed by atoms with van der Waals surface area (Å²) in [5.41, 5.74) is 2.21. The highest BCUT2D eigenvalue weighted by Crippen LogP contribution is 2.30. The number of hydrogen-bond acceptors (Lipinski definition) is 4. The summed E-state index contributed by atoms with van der Waals surface area (Å²) in [6, 6.07) is 7.26. The van der Waals surface area contributed by atoms with Crippen LogP contribution in [0.1, 0.15) is 6.92 Å². The highest BCUT2D eigenvalue weighted by molar-refractivity contribution is 9.10. The monoisotopic (exact) mass is 310 g/mol. The molecule has 2 N–H and O–H groups in total. The molecule has 0 bridgehead atoms. The van der Waals surface area contributed by atoms with Gasteiger partial charge in [0.2, 0.25) is 0 Å². The number of benzene rings is 1. The third-order valence-corrected chi connectivity index (χ3v) is 3.15. The lowest BCUT2D eigenvalue weighted by molar-refractivity contribution is -0.135. The number of pyridine rings is 1. The van der Waals surface area contributed by atoms with Crippen molar-refractivity contribution in [2.45, 2.75) is 13.0 Å². The number of rotatable bonds is 3. The molecule has 0 aliphatic heterocycles. The van der Waals surface area contributed by atoms with Crippen LogP contribution in [0, 0.1) is 0 Å². The molecule has 1 heterocycles. The van der Waals surface area contributed by atoms with Crippen molar-refractivity contribution in [3.8, 4) is 5.75 Å². The fourth-order valence-electron chi connectivity index (χ4n) is 1.54. The predicted molar refractivity (Wildman–Crippen MR) is 69.5 cm³/mol. The Labute approximate surface area is 112 Å². The first-order valence-corrected chi connectivity index (χ1v) is 6.06. The van der Waals surface area contributed by atoms with Gasteiger partial charge in [-0.05, 0) is 25.1 Å². The topological polar surface area (TPSA) is 71.5 Å². The van der Waals surface area contributed by atoms with Gasteiger partial charge in [-0.1, -0.05) is 22.0 Å². The zero-order chi connectivity index (χ0) is 13.1. The first-order chi connectivity index (χ1) is 8.63. The third kappa shape index (κ3) is 2.44. The number of carbonyl (C=O) groups excluding carboxylic acids is 1. The van der Waals surface area contributed by atoms with Crippen molar-refractivity contribution in [1.29, 1.82) is 0 Å². The van der Waals surface area contributed by atoms with E-state index in [4.69, 9.17) is 9.94 Å². The number of halogens is 1. The third-order valence-electron chi connectivity index (χ3n) is 2.46. The van der Waals surface area contributed by atoms with E-state index in [1.807, 2.05) is 18.2 Å². The molecule has 0 aliphatic carbocycles. The Morgan fingerprint density at radius 3 is 3.00 bits per heavy atom. The second-order valence-corrected chi connectivity index (χ2v) is 4.54. The minimum absolute atomic E-state index is 0.491. The molecule has 94 valence electrons.